The van der Waals surface area contributed by atoms with E-state index in [0.29, 0.717) is 12.2 Å². The minimum atomic E-state index is -1.16. The van der Waals surface area contributed by atoms with Crippen LogP contribution in [0.25, 0.3) is 0 Å². The Balaban J connectivity index is 2.61. The molecule has 21 heavy (non-hydrogen) atoms. The smallest absolute Gasteiger partial charge is 0.313 e. The van der Waals surface area contributed by atoms with Gasteiger partial charge < -0.3 is 15.2 Å². The first-order valence-corrected chi connectivity index (χ1v) is 6.18. The molecule has 0 saturated heterocycles. The maximum atomic E-state index is 11.5. The number of carbonyl (C=O) groups is 2. The van der Waals surface area contributed by atoms with Crippen LogP contribution in [0.2, 0.25) is 0 Å². The van der Waals surface area contributed by atoms with E-state index in [1.165, 1.54) is 18.2 Å². The Kier molecular flexibility index (Phi) is 3.54. The maximum absolute atomic E-state index is 11.5. The molecule has 2 unspecified atom stereocenters. The summed E-state index contributed by atoms with van der Waals surface area (Å²) in [5, 5.41) is 22.7. The second-order valence-electron chi connectivity index (χ2n) is 5.26. The normalized spacial score (nSPS) is 22.6. The quantitative estimate of drug-likeness (QED) is 0.490. The first kappa shape index (κ1) is 14.8. The highest BCUT2D eigenvalue weighted by Crippen LogP contribution is 2.44. The van der Waals surface area contributed by atoms with Crippen LogP contribution in [0.1, 0.15) is 25.5 Å². The topological polar surface area (TPSA) is 119 Å². The molecule has 2 atom stereocenters. The van der Waals surface area contributed by atoms with Gasteiger partial charge in [-0.1, -0.05) is 0 Å². The van der Waals surface area contributed by atoms with Gasteiger partial charge in [-0.15, -0.1) is 0 Å². The molecule has 1 aromatic carbocycles. The third-order valence-electron chi connectivity index (χ3n) is 3.51. The van der Waals surface area contributed by atoms with Crippen molar-refractivity contribution in [3.8, 4) is 5.75 Å². The zero-order chi connectivity index (χ0) is 15.8. The Morgan fingerprint density at radius 1 is 1.52 bits per heavy atom. The van der Waals surface area contributed by atoms with Crippen LogP contribution in [0.15, 0.2) is 18.2 Å². The van der Waals surface area contributed by atoms with Crippen molar-refractivity contribution in [1.82, 2.24) is 5.32 Å². The van der Waals surface area contributed by atoms with Crippen LogP contribution in [0.4, 0.5) is 5.69 Å². The number of rotatable bonds is 4. The van der Waals surface area contributed by atoms with Gasteiger partial charge in [-0.05, 0) is 19.9 Å². The van der Waals surface area contributed by atoms with E-state index in [1.54, 1.807) is 13.8 Å². The molecular formula is C13H14N2O6. The highest BCUT2D eigenvalue weighted by molar-refractivity contribution is 5.75. The van der Waals surface area contributed by atoms with Gasteiger partial charge in [0.1, 0.15) is 17.3 Å². The van der Waals surface area contributed by atoms with Gasteiger partial charge in [0, 0.05) is 17.7 Å². The average molecular weight is 294 g/mol. The fraction of sp³-hybridized carbons (Fsp3) is 0.385. The lowest BCUT2D eigenvalue weighted by Gasteiger charge is -2.42. The number of nitro groups is 1. The number of fused-ring (bicyclic) bond motifs is 1. The molecule has 8 nitrogen and oxygen atoms in total. The summed E-state index contributed by atoms with van der Waals surface area (Å²) in [6, 6.07) is 3.00. The molecule has 1 aliphatic heterocycles. The molecule has 8 heteroatoms. The van der Waals surface area contributed by atoms with Crippen LogP contribution in [-0.4, -0.2) is 28.0 Å². The number of nitrogens with zero attached hydrogens (tertiary/aromatic N) is 1. The van der Waals surface area contributed by atoms with Crippen molar-refractivity contribution in [3.63, 3.8) is 0 Å². The SMILES string of the molecule is CC1(C)Oc2ccc([N+](=O)[O-])cc2C(NC=O)C1C(=O)O. The van der Waals surface area contributed by atoms with Gasteiger partial charge in [0.05, 0.1) is 11.0 Å². The largest absolute Gasteiger partial charge is 0.486 e. The molecule has 2 rings (SSSR count). The van der Waals surface area contributed by atoms with Gasteiger partial charge >= 0.3 is 5.97 Å². The first-order chi connectivity index (χ1) is 9.77. The summed E-state index contributed by atoms with van der Waals surface area (Å²) in [7, 11) is 0. The molecule has 0 bridgehead atoms. The summed E-state index contributed by atoms with van der Waals surface area (Å²) in [4.78, 5) is 32.6. The summed E-state index contributed by atoms with van der Waals surface area (Å²) < 4.78 is 5.65. The molecule has 0 aliphatic carbocycles. The van der Waals surface area contributed by atoms with Gasteiger partial charge in [0.25, 0.3) is 5.69 Å². The van der Waals surface area contributed by atoms with Crippen molar-refractivity contribution in [2.24, 2.45) is 5.92 Å². The van der Waals surface area contributed by atoms with E-state index in [2.05, 4.69) is 5.32 Å². The molecule has 0 fully saturated rings. The third kappa shape index (κ3) is 2.51. The van der Waals surface area contributed by atoms with E-state index in [0.717, 1.165) is 0 Å². The maximum Gasteiger partial charge on any atom is 0.313 e. The zero-order valence-electron chi connectivity index (χ0n) is 11.4. The highest BCUT2D eigenvalue weighted by atomic mass is 16.6. The predicted molar refractivity (Wildman–Crippen MR) is 70.9 cm³/mol. The van der Waals surface area contributed by atoms with E-state index in [4.69, 9.17) is 4.74 Å². The monoisotopic (exact) mass is 294 g/mol. The fourth-order valence-corrected chi connectivity index (χ4v) is 2.61. The molecule has 1 amide bonds. The number of carbonyl (C=O) groups excluding carboxylic acids is 1. The van der Waals surface area contributed by atoms with Crippen LogP contribution in [0, 0.1) is 16.0 Å². The van der Waals surface area contributed by atoms with Gasteiger partial charge in [-0.3, -0.25) is 19.7 Å². The number of carboxylic acid groups (broad SMARTS) is 1. The number of benzene rings is 1. The van der Waals surface area contributed by atoms with Gasteiger partial charge in [-0.2, -0.15) is 0 Å². The molecule has 2 N–H and O–H groups in total. The van der Waals surface area contributed by atoms with E-state index < -0.39 is 28.5 Å². The number of hydrogen-bond acceptors (Lipinski definition) is 5. The van der Waals surface area contributed by atoms with Crippen molar-refractivity contribution in [2.45, 2.75) is 25.5 Å². The number of ether oxygens (including phenoxy) is 1. The van der Waals surface area contributed by atoms with Crippen molar-refractivity contribution < 1.29 is 24.4 Å². The van der Waals surface area contributed by atoms with Crippen molar-refractivity contribution in [1.29, 1.82) is 0 Å². The molecule has 0 spiro atoms. The minimum Gasteiger partial charge on any atom is -0.486 e. The van der Waals surface area contributed by atoms with Gasteiger partial charge in [0.15, 0.2) is 0 Å². The van der Waals surface area contributed by atoms with E-state index in [9.17, 15) is 24.8 Å². The summed E-state index contributed by atoms with van der Waals surface area (Å²) in [5.41, 5.74) is -0.989. The molecule has 1 aliphatic rings. The average Bonchev–Trinajstić information content (AvgIpc) is 2.36. The predicted octanol–water partition coefficient (Wildman–Crippen LogP) is 1.25. The highest BCUT2D eigenvalue weighted by Gasteiger charge is 2.48. The van der Waals surface area contributed by atoms with Crippen molar-refractivity contribution in [2.75, 3.05) is 0 Å². The van der Waals surface area contributed by atoms with Crippen LogP contribution >= 0.6 is 0 Å². The van der Waals surface area contributed by atoms with E-state index >= 15 is 0 Å². The van der Waals surface area contributed by atoms with E-state index in [1.807, 2.05) is 0 Å². The standard InChI is InChI=1S/C13H14N2O6/c1-13(2)10(12(17)18)11(14-6-16)8-5-7(15(19)20)3-4-9(8)21-13/h3-6,10-11H,1-2H3,(H,14,16)(H,17,18). The Labute approximate surface area is 119 Å². The number of nitrogens with one attached hydrogen (secondary N) is 1. The number of hydrogen-bond donors (Lipinski definition) is 2. The molecule has 0 radical (unpaired) electrons. The van der Waals surface area contributed by atoms with Gasteiger partial charge in [-0.25, -0.2) is 0 Å². The lowest BCUT2D eigenvalue weighted by molar-refractivity contribution is -0.385. The minimum absolute atomic E-state index is 0.195. The molecule has 1 aromatic rings. The first-order valence-electron chi connectivity index (χ1n) is 6.18. The summed E-state index contributed by atoms with van der Waals surface area (Å²) in [5.74, 6) is -1.91. The number of non-ortho nitro benzene ring substituents is 1. The molecule has 112 valence electrons. The van der Waals surface area contributed by atoms with Crippen molar-refractivity contribution >= 4 is 18.1 Å². The van der Waals surface area contributed by atoms with Crippen LogP contribution in [0.5, 0.6) is 5.75 Å². The number of carboxylic acids is 1. The lowest BCUT2D eigenvalue weighted by Crippen LogP contribution is -2.51. The fourth-order valence-electron chi connectivity index (χ4n) is 2.61. The number of aliphatic carboxylic acids is 1. The lowest BCUT2D eigenvalue weighted by atomic mass is 9.78. The van der Waals surface area contributed by atoms with E-state index in [-0.39, 0.29) is 11.3 Å². The van der Waals surface area contributed by atoms with Crippen molar-refractivity contribution in [3.05, 3.63) is 33.9 Å². The van der Waals surface area contributed by atoms with Crippen LogP contribution in [0.3, 0.4) is 0 Å². The summed E-state index contributed by atoms with van der Waals surface area (Å²) >= 11 is 0. The Morgan fingerprint density at radius 3 is 2.71 bits per heavy atom. The molecule has 1 heterocycles. The third-order valence-corrected chi connectivity index (χ3v) is 3.51. The summed E-state index contributed by atoms with van der Waals surface area (Å²) in [6.07, 6.45) is 0.380. The Hall–Kier alpha value is -2.64. The van der Waals surface area contributed by atoms with Gasteiger partial charge in [0.2, 0.25) is 6.41 Å². The second kappa shape index (κ2) is 5.04. The molecule has 0 aromatic heterocycles. The second-order valence-corrected chi connectivity index (χ2v) is 5.26. The van der Waals surface area contributed by atoms with Crippen LogP contribution in [-0.2, 0) is 9.59 Å². The summed E-state index contributed by atoms with van der Waals surface area (Å²) in [6.45, 7) is 3.19. The number of nitro benzene ring substituents is 1. The zero-order valence-corrected chi connectivity index (χ0v) is 11.4. The molecular weight excluding hydrogens is 280 g/mol. The Bertz CT molecular complexity index is 613. The number of amides is 1. The Morgan fingerprint density at radius 2 is 2.19 bits per heavy atom. The molecule has 0 saturated carbocycles. The van der Waals surface area contributed by atoms with Crippen LogP contribution < -0.4 is 10.1 Å².